The molecule has 1 rings (SSSR count). The van der Waals surface area contributed by atoms with E-state index in [-0.39, 0.29) is 24.8 Å². The van der Waals surface area contributed by atoms with Crippen molar-refractivity contribution in [2.45, 2.75) is 44.4 Å². The molecule has 0 saturated carbocycles. The van der Waals surface area contributed by atoms with Crippen LogP contribution in [-0.2, 0) is 24.7 Å². The molecule has 0 bridgehead atoms. The van der Waals surface area contributed by atoms with Crippen molar-refractivity contribution in [1.29, 1.82) is 0 Å². The molecule has 0 amide bonds. The molecule has 1 aliphatic rings. The van der Waals surface area contributed by atoms with Gasteiger partial charge < -0.3 is 24.8 Å². The molecule has 0 N–H and O–H groups in total. The van der Waals surface area contributed by atoms with Gasteiger partial charge in [-0.15, -0.1) is 0 Å². The van der Waals surface area contributed by atoms with E-state index in [4.69, 9.17) is 33.2 Å². The molecule has 0 spiro atoms. The molecule has 0 heterocycles. The fourth-order valence-corrected chi connectivity index (χ4v) is 20.9. The van der Waals surface area contributed by atoms with Crippen molar-refractivity contribution >= 4 is 47.3 Å². The van der Waals surface area contributed by atoms with E-state index < -0.39 is 14.1 Å². The SMILES string of the molecule is CCCC([Si](Cl)(Cl)Cl)[Si](C)(C)C1=[C]([Zr+2])CC=C1.[Cl-].[Cl-]. The van der Waals surface area contributed by atoms with Crippen LogP contribution >= 0.6 is 33.2 Å². The topological polar surface area (TPSA) is 0 Å². The third-order valence-corrected chi connectivity index (χ3v) is 17.7. The first-order valence-electron chi connectivity index (χ1n) is 5.89. The van der Waals surface area contributed by atoms with Gasteiger partial charge in [0.05, 0.1) is 0 Å². The van der Waals surface area contributed by atoms with Gasteiger partial charge in [0.25, 0.3) is 0 Å². The average molecular weight is 475 g/mol. The van der Waals surface area contributed by atoms with Gasteiger partial charge in [-0.25, -0.2) is 0 Å². The fraction of sp³-hybridized carbons (Fsp3) is 0.636. The average Bonchev–Trinajstić information content (AvgIpc) is 2.59. The van der Waals surface area contributed by atoms with Crippen LogP contribution in [-0.4, -0.2) is 14.1 Å². The molecule has 8 heteroatoms. The van der Waals surface area contributed by atoms with Crippen molar-refractivity contribution in [2.24, 2.45) is 0 Å². The summed E-state index contributed by atoms with van der Waals surface area (Å²) < 4.78 is 1.57. The minimum atomic E-state index is -2.62. The molecule has 109 valence electrons. The van der Waals surface area contributed by atoms with Crippen LogP contribution in [0.25, 0.3) is 0 Å². The van der Waals surface area contributed by atoms with Gasteiger partial charge in [0.1, 0.15) is 0 Å². The predicted octanol–water partition coefficient (Wildman–Crippen LogP) is -0.632. The quantitative estimate of drug-likeness (QED) is 0.368. The van der Waals surface area contributed by atoms with Crippen LogP contribution in [0.1, 0.15) is 26.2 Å². The Morgan fingerprint density at radius 2 is 1.79 bits per heavy atom. The van der Waals surface area contributed by atoms with E-state index in [1.807, 2.05) is 0 Å². The summed E-state index contributed by atoms with van der Waals surface area (Å²) in [5.41, 5.74) is 0. The van der Waals surface area contributed by atoms with Crippen LogP contribution in [0.4, 0.5) is 0 Å². The summed E-state index contributed by atoms with van der Waals surface area (Å²) in [7, 11) is -1.64. The van der Waals surface area contributed by atoms with Gasteiger partial charge in [-0.1, -0.05) is 0 Å². The third kappa shape index (κ3) is 6.10. The van der Waals surface area contributed by atoms with Gasteiger partial charge in [0.2, 0.25) is 0 Å². The summed E-state index contributed by atoms with van der Waals surface area (Å²) in [5, 5.41) is 1.88. The molecule has 0 radical (unpaired) electrons. The largest absolute Gasteiger partial charge is 1.00 e. The zero-order valence-electron chi connectivity index (χ0n) is 11.2. The summed E-state index contributed by atoms with van der Waals surface area (Å²) in [5.74, 6) is 0. The molecule has 0 nitrogen and oxygen atoms in total. The summed E-state index contributed by atoms with van der Waals surface area (Å²) in [6.07, 6.45) is 7.83. The van der Waals surface area contributed by atoms with Crippen molar-refractivity contribution in [2.75, 3.05) is 0 Å². The van der Waals surface area contributed by atoms with E-state index in [0.717, 1.165) is 19.3 Å². The predicted molar refractivity (Wildman–Crippen MR) is 80.2 cm³/mol. The first kappa shape index (κ1) is 23.5. The van der Waals surface area contributed by atoms with Gasteiger partial charge in [0.15, 0.2) is 0 Å². The van der Waals surface area contributed by atoms with E-state index in [2.05, 4.69) is 32.2 Å². The fourth-order valence-electron chi connectivity index (χ4n) is 2.52. The maximum Gasteiger partial charge on any atom is -1.00 e. The smallest absolute Gasteiger partial charge is 1.00 e. The third-order valence-electron chi connectivity index (χ3n) is 3.47. The minimum absolute atomic E-state index is 0. The van der Waals surface area contributed by atoms with Gasteiger partial charge in [-0.05, 0) is 0 Å². The van der Waals surface area contributed by atoms with Gasteiger partial charge >= 0.3 is 137 Å². The van der Waals surface area contributed by atoms with Crippen LogP contribution in [0, 0.1) is 0 Å². The maximum absolute atomic E-state index is 6.35. The van der Waals surface area contributed by atoms with Gasteiger partial charge in [0, 0.05) is 0 Å². The second kappa shape index (κ2) is 9.40. The Kier molecular flexibility index (Phi) is 11.6. The second-order valence-electron chi connectivity index (χ2n) is 5.10. The summed E-state index contributed by atoms with van der Waals surface area (Å²) >= 11 is 20.6. The summed E-state index contributed by atoms with van der Waals surface area (Å²) in [6.45, 7) is 6.92. The molecule has 0 saturated heterocycles. The molecule has 0 aromatic rings. The molecule has 1 aliphatic carbocycles. The Labute approximate surface area is 160 Å². The number of allylic oxidation sites excluding steroid dienone is 4. The van der Waals surface area contributed by atoms with E-state index in [9.17, 15) is 0 Å². The van der Waals surface area contributed by atoms with Crippen LogP contribution in [0.3, 0.4) is 0 Å². The molecule has 0 aromatic carbocycles. The Morgan fingerprint density at radius 3 is 2.11 bits per heavy atom. The molecule has 0 fully saturated rings. The molecule has 0 aliphatic heterocycles. The second-order valence-corrected chi connectivity index (χ2v) is 20.7. The van der Waals surface area contributed by atoms with Crippen molar-refractivity contribution in [3.63, 3.8) is 0 Å². The van der Waals surface area contributed by atoms with Crippen LogP contribution in [0.2, 0.25) is 18.3 Å². The monoisotopic (exact) mass is 471 g/mol. The maximum atomic E-state index is 6.35. The standard InChI is InChI=1S/C11H18Cl3Si2.2ClH.Zr/c1-4-7-11(16(12,13)14)15(2,3)10-8-5-6-9-10;;;/h5,8,11H,4,6-7H2,1-3H3;2*1H;/q;;;+2/p-2. The van der Waals surface area contributed by atoms with Gasteiger partial charge in [-0.2, -0.15) is 0 Å². The number of halogens is 5. The molecular formula is C11H18Cl5Si2Zr. The molecule has 0 aromatic heterocycles. The summed E-state index contributed by atoms with van der Waals surface area (Å²) in [6, 6.07) is -2.62. The molecule has 19 heavy (non-hydrogen) atoms. The number of rotatable bonds is 5. The van der Waals surface area contributed by atoms with Crippen LogP contribution in [0.15, 0.2) is 20.6 Å². The normalized spacial score (nSPS) is 17.1. The first-order valence-corrected chi connectivity index (χ1v) is 15.3. The Balaban J connectivity index is 0. The van der Waals surface area contributed by atoms with Crippen LogP contribution in [0.5, 0.6) is 0 Å². The Morgan fingerprint density at radius 1 is 1.26 bits per heavy atom. The number of hydrogen-bond acceptors (Lipinski definition) is 0. The summed E-state index contributed by atoms with van der Waals surface area (Å²) in [4.78, 5) is 0. The van der Waals surface area contributed by atoms with E-state index in [0.29, 0.717) is 5.16 Å². The number of hydrogen-bond donors (Lipinski definition) is 0. The molecule has 1 atom stereocenters. The Bertz CT molecular complexity index is 349. The zero-order chi connectivity index (χ0) is 13.3. The van der Waals surface area contributed by atoms with E-state index in [1.165, 1.54) is 24.7 Å². The van der Waals surface area contributed by atoms with Crippen molar-refractivity contribution < 1.29 is 49.5 Å². The first-order chi connectivity index (χ1) is 7.71. The zero-order valence-corrected chi connectivity index (χ0v) is 19.5. The van der Waals surface area contributed by atoms with Gasteiger partial charge in [-0.3, -0.25) is 0 Å². The molecular weight excluding hydrogens is 457 g/mol. The van der Waals surface area contributed by atoms with Crippen molar-refractivity contribution in [3.8, 4) is 0 Å². The van der Waals surface area contributed by atoms with E-state index in [1.54, 1.807) is 8.48 Å². The van der Waals surface area contributed by atoms with E-state index >= 15 is 0 Å². The van der Waals surface area contributed by atoms with Crippen molar-refractivity contribution in [3.05, 3.63) is 20.6 Å². The molecule has 1 unspecified atom stereocenters. The van der Waals surface area contributed by atoms with Crippen molar-refractivity contribution in [1.82, 2.24) is 0 Å². The Hall–Kier alpha value is 2.25. The minimum Gasteiger partial charge on any atom is -1.00 e. The van der Waals surface area contributed by atoms with Crippen LogP contribution < -0.4 is 24.8 Å².